The third-order valence-electron chi connectivity index (χ3n) is 3.56. The Kier molecular flexibility index (Phi) is 7.23. The van der Waals surface area contributed by atoms with Gasteiger partial charge in [-0.2, -0.15) is 0 Å². The Morgan fingerprint density at radius 1 is 1.33 bits per heavy atom. The number of nitrogens with zero attached hydrogens (tertiary/aromatic N) is 1. The fourth-order valence-corrected chi connectivity index (χ4v) is 2.54. The molecule has 0 aromatic heterocycles. The lowest BCUT2D eigenvalue weighted by Crippen LogP contribution is -2.27. The van der Waals surface area contributed by atoms with Crippen LogP contribution in [-0.2, 0) is 0 Å². The largest absolute Gasteiger partial charge is 0.489 e. The molecule has 0 saturated heterocycles. The first-order valence-electron chi connectivity index (χ1n) is 7.82. The zero-order valence-electron chi connectivity index (χ0n) is 14.2. The number of halogens is 2. The molecule has 0 fully saturated rings. The number of carbonyl (C=O) groups excluding carboxylic acids is 1. The number of anilines is 1. The van der Waals surface area contributed by atoms with E-state index in [1.807, 2.05) is 0 Å². The summed E-state index contributed by atoms with van der Waals surface area (Å²) in [5.41, 5.74) is 0.233. The van der Waals surface area contributed by atoms with Crippen molar-refractivity contribution in [3.05, 3.63) is 62.1 Å². The molecule has 0 aliphatic heterocycles. The lowest BCUT2D eigenvalue weighted by molar-refractivity contribution is -0.384. The van der Waals surface area contributed by atoms with Crippen LogP contribution in [0.3, 0.4) is 0 Å². The lowest BCUT2D eigenvalue weighted by Gasteiger charge is -2.16. The van der Waals surface area contributed by atoms with Crippen LogP contribution in [0.15, 0.2) is 36.4 Å². The van der Waals surface area contributed by atoms with Crippen LogP contribution in [0.5, 0.6) is 5.75 Å². The molecule has 0 saturated carbocycles. The average molecular weight is 414 g/mol. The Hall–Kier alpha value is -2.55. The standard InChI is InChI=1S/C17H17Cl2N3O5/c1-20-17(24)12-7-10(22(25)26)5-6-14(12)21-8-11(23)9-27-15-4-2-3-13(18)16(15)19/h2-7,11,21,23H,8-9H2,1H3,(H,20,24). The van der Waals surface area contributed by atoms with E-state index in [2.05, 4.69) is 10.6 Å². The van der Waals surface area contributed by atoms with E-state index >= 15 is 0 Å². The second kappa shape index (κ2) is 9.40. The van der Waals surface area contributed by atoms with E-state index in [4.69, 9.17) is 27.9 Å². The fourth-order valence-electron chi connectivity index (χ4n) is 2.19. The highest BCUT2D eigenvalue weighted by molar-refractivity contribution is 6.42. The van der Waals surface area contributed by atoms with Gasteiger partial charge in [0.2, 0.25) is 0 Å². The molecule has 0 spiro atoms. The third kappa shape index (κ3) is 5.46. The van der Waals surface area contributed by atoms with Crippen LogP contribution < -0.4 is 15.4 Å². The Balaban J connectivity index is 2.01. The van der Waals surface area contributed by atoms with E-state index in [9.17, 15) is 20.0 Å². The van der Waals surface area contributed by atoms with Crippen molar-refractivity contribution in [2.24, 2.45) is 0 Å². The van der Waals surface area contributed by atoms with E-state index in [1.165, 1.54) is 19.2 Å². The molecule has 2 aromatic carbocycles. The summed E-state index contributed by atoms with van der Waals surface area (Å²) in [6, 6.07) is 8.74. The molecular weight excluding hydrogens is 397 g/mol. The molecule has 27 heavy (non-hydrogen) atoms. The number of hydrogen-bond acceptors (Lipinski definition) is 6. The van der Waals surface area contributed by atoms with E-state index in [-0.39, 0.29) is 29.4 Å². The number of nitro groups is 1. The smallest absolute Gasteiger partial charge is 0.270 e. The number of hydrogen-bond donors (Lipinski definition) is 3. The van der Waals surface area contributed by atoms with Gasteiger partial charge in [-0.3, -0.25) is 14.9 Å². The lowest BCUT2D eigenvalue weighted by atomic mass is 10.1. The first kappa shape index (κ1) is 20.8. The molecule has 0 aliphatic carbocycles. The van der Waals surface area contributed by atoms with Crippen LogP contribution in [0.4, 0.5) is 11.4 Å². The van der Waals surface area contributed by atoms with Gasteiger partial charge in [0, 0.05) is 31.4 Å². The second-order valence-corrected chi connectivity index (χ2v) is 6.25. The quantitative estimate of drug-likeness (QED) is 0.452. The summed E-state index contributed by atoms with van der Waals surface area (Å²) in [6.45, 7) is -0.0324. The third-order valence-corrected chi connectivity index (χ3v) is 4.36. The molecule has 1 amide bonds. The van der Waals surface area contributed by atoms with Crippen LogP contribution in [0.2, 0.25) is 10.0 Å². The van der Waals surface area contributed by atoms with Gasteiger partial charge in [-0.25, -0.2) is 0 Å². The minimum absolute atomic E-state index is 0.0417. The van der Waals surface area contributed by atoms with Gasteiger partial charge >= 0.3 is 0 Å². The van der Waals surface area contributed by atoms with Gasteiger partial charge < -0.3 is 20.5 Å². The Labute approximate surface area is 165 Å². The van der Waals surface area contributed by atoms with E-state index in [0.29, 0.717) is 16.5 Å². The number of nitro benzene ring substituents is 1. The number of nitrogens with one attached hydrogen (secondary N) is 2. The van der Waals surface area contributed by atoms with Crippen LogP contribution in [0.25, 0.3) is 0 Å². The first-order valence-corrected chi connectivity index (χ1v) is 8.58. The van der Waals surface area contributed by atoms with E-state index < -0.39 is 16.9 Å². The number of ether oxygens (including phenoxy) is 1. The van der Waals surface area contributed by atoms with Crippen molar-refractivity contribution in [3.63, 3.8) is 0 Å². The van der Waals surface area contributed by atoms with Crippen molar-refractivity contribution in [1.29, 1.82) is 0 Å². The Bertz CT molecular complexity index is 847. The van der Waals surface area contributed by atoms with Crippen LogP contribution >= 0.6 is 23.2 Å². The zero-order chi connectivity index (χ0) is 20.0. The molecule has 2 rings (SSSR count). The fraction of sp³-hybridized carbons (Fsp3) is 0.235. The topological polar surface area (TPSA) is 114 Å². The predicted octanol–water partition coefficient (Wildman–Crippen LogP) is 3.11. The molecule has 0 aliphatic rings. The summed E-state index contributed by atoms with van der Waals surface area (Å²) >= 11 is 11.9. The van der Waals surface area contributed by atoms with Gasteiger partial charge in [0.1, 0.15) is 23.5 Å². The number of non-ortho nitro benzene ring substituents is 1. The summed E-state index contributed by atoms with van der Waals surface area (Å²) < 4.78 is 5.44. The molecular formula is C17H17Cl2N3O5. The van der Waals surface area contributed by atoms with Crippen LogP contribution in [0, 0.1) is 10.1 Å². The molecule has 0 bridgehead atoms. The minimum Gasteiger partial charge on any atom is -0.489 e. The molecule has 1 unspecified atom stereocenters. The van der Waals surface area contributed by atoms with Crippen LogP contribution in [-0.4, -0.2) is 42.2 Å². The molecule has 10 heteroatoms. The van der Waals surface area contributed by atoms with Crippen molar-refractivity contribution in [2.75, 3.05) is 25.5 Å². The van der Waals surface area contributed by atoms with E-state index in [0.717, 1.165) is 6.07 Å². The van der Waals surface area contributed by atoms with Gasteiger partial charge in [-0.05, 0) is 18.2 Å². The number of rotatable bonds is 8. The van der Waals surface area contributed by atoms with Gasteiger partial charge in [0.15, 0.2) is 0 Å². The van der Waals surface area contributed by atoms with Crippen LogP contribution in [0.1, 0.15) is 10.4 Å². The highest BCUT2D eigenvalue weighted by Crippen LogP contribution is 2.31. The Morgan fingerprint density at radius 2 is 2.07 bits per heavy atom. The molecule has 2 aromatic rings. The molecule has 0 radical (unpaired) electrons. The summed E-state index contributed by atoms with van der Waals surface area (Å²) in [5.74, 6) is -0.151. The molecule has 1 atom stereocenters. The maximum absolute atomic E-state index is 11.9. The molecule has 144 valence electrons. The highest BCUT2D eigenvalue weighted by atomic mass is 35.5. The predicted molar refractivity (Wildman–Crippen MR) is 103 cm³/mol. The SMILES string of the molecule is CNC(=O)c1cc([N+](=O)[O-])ccc1NCC(O)COc1cccc(Cl)c1Cl. The van der Waals surface area contributed by atoms with Crippen molar-refractivity contribution >= 4 is 40.5 Å². The maximum atomic E-state index is 11.9. The highest BCUT2D eigenvalue weighted by Gasteiger charge is 2.17. The van der Waals surface area contributed by atoms with Gasteiger partial charge in [-0.15, -0.1) is 0 Å². The number of benzene rings is 2. The second-order valence-electron chi connectivity index (χ2n) is 5.46. The van der Waals surface area contributed by atoms with Crippen molar-refractivity contribution in [2.45, 2.75) is 6.10 Å². The van der Waals surface area contributed by atoms with Gasteiger partial charge in [0.05, 0.1) is 15.5 Å². The minimum atomic E-state index is -0.937. The summed E-state index contributed by atoms with van der Waals surface area (Å²) in [4.78, 5) is 22.2. The van der Waals surface area contributed by atoms with Crippen molar-refractivity contribution in [1.82, 2.24) is 5.32 Å². The Morgan fingerprint density at radius 3 is 2.74 bits per heavy atom. The molecule has 3 N–H and O–H groups in total. The summed E-state index contributed by atoms with van der Waals surface area (Å²) in [6.07, 6.45) is -0.937. The zero-order valence-corrected chi connectivity index (χ0v) is 15.8. The first-order chi connectivity index (χ1) is 12.8. The molecule has 8 nitrogen and oxygen atoms in total. The molecule has 0 heterocycles. The summed E-state index contributed by atoms with van der Waals surface area (Å²) in [5, 5.41) is 26.9. The number of aliphatic hydroxyl groups is 1. The maximum Gasteiger partial charge on any atom is 0.270 e. The van der Waals surface area contributed by atoms with Crippen molar-refractivity contribution < 1.29 is 19.6 Å². The van der Waals surface area contributed by atoms with Crippen molar-refractivity contribution in [3.8, 4) is 5.75 Å². The monoisotopic (exact) mass is 413 g/mol. The van der Waals surface area contributed by atoms with Gasteiger partial charge in [-0.1, -0.05) is 29.3 Å². The number of amides is 1. The number of carbonyl (C=O) groups is 1. The average Bonchev–Trinajstić information content (AvgIpc) is 2.66. The normalized spacial score (nSPS) is 11.6. The number of aliphatic hydroxyl groups excluding tert-OH is 1. The van der Waals surface area contributed by atoms with Gasteiger partial charge in [0.25, 0.3) is 11.6 Å². The van der Waals surface area contributed by atoms with E-state index in [1.54, 1.807) is 18.2 Å². The summed E-state index contributed by atoms with van der Waals surface area (Å²) in [7, 11) is 1.42.